The van der Waals surface area contributed by atoms with Gasteiger partial charge in [-0.2, -0.15) is 0 Å². The van der Waals surface area contributed by atoms with Crippen LogP contribution in [0.15, 0.2) is 83.7 Å². The van der Waals surface area contributed by atoms with E-state index < -0.39 is 0 Å². The Morgan fingerprint density at radius 1 is 0.935 bits per heavy atom. The van der Waals surface area contributed by atoms with E-state index in [1.54, 1.807) is 4.68 Å². The first-order valence-electron chi connectivity index (χ1n) is 10.3. The molecule has 1 amide bonds. The van der Waals surface area contributed by atoms with Gasteiger partial charge in [-0.3, -0.25) is 14.7 Å². The van der Waals surface area contributed by atoms with Gasteiger partial charge in [0.1, 0.15) is 0 Å². The smallest absolute Gasteiger partial charge is 0.279 e. The SMILES string of the molecule is Cc1cccc(-c2[nH]n(-c3ccccc3)c(=O)c2-c2ccccc2NC(=O)C(C)C)c1. The summed E-state index contributed by atoms with van der Waals surface area (Å²) in [6.45, 7) is 5.70. The number of carbonyl (C=O) groups is 1. The highest BCUT2D eigenvalue weighted by Gasteiger charge is 2.22. The van der Waals surface area contributed by atoms with Gasteiger partial charge in [0, 0.05) is 22.7 Å². The van der Waals surface area contributed by atoms with Crippen LogP contribution >= 0.6 is 0 Å². The van der Waals surface area contributed by atoms with Gasteiger partial charge in [-0.15, -0.1) is 0 Å². The van der Waals surface area contributed by atoms with Gasteiger partial charge in [0.15, 0.2) is 0 Å². The number of hydrogen-bond acceptors (Lipinski definition) is 2. The van der Waals surface area contributed by atoms with Crippen LogP contribution in [-0.4, -0.2) is 15.7 Å². The number of aromatic amines is 1. The normalized spacial score (nSPS) is 11.0. The first-order valence-corrected chi connectivity index (χ1v) is 10.3. The molecule has 3 aromatic carbocycles. The van der Waals surface area contributed by atoms with Crippen molar-refractivity contribution in [1.82, 2.24) is 9.78 Å². The van der Waals surface area contributed by atoms with Crippen LogP contribution in [0, 0.1) is 12.8 Å². The van der Waals surface area contributed by atoms with Gasteiger partial charge in [-0.1, -0.05) is 74.0 Å². The van der Waals surface area contributed by atoms with E-state index in [2.05, 4.69) is 10.4 Å². The molecule has 31 heavy (non-hydrogen) atoms. The largest absolute Gasteiger partial charge is 0.325 e. The lowest BCUT2D eigenvalue weighted by molar-refractivity contribution is -0.118. The summed E-state index contributed by atoms with van der Waals surface area (Å²) in [4.78, 5) is 26.0. The van der Waals surface area contributed by atoms with Gasteiger partial charge in [0.2, 0.25) is 5.91 Å². The van der Waals surface area contributed by atoms with E-state index in [1.807, 2.05) is 99.6 Å². The van der Waals surface area contributed by atoms with Gasteiger partial charge in [-0.05, 0) is 31.2 Å². The molecule has 156 valence electrons. The molecule has 0 unspecified atom stereocenters. The first-order chi connectivity index (χ1) is 15.0. The number of aromatic nitrogens is 2. The molecule has 0 saturated heterocycles. The molecule has 0 atom stereocenters. The molecule has 4 rings (SSSR count). The van der Waals surface area contributed by atoms with Crippen LogP contribution in [0.25, 0.3) is 28.1 Å². The summed E-state index contributed by atoms with van der Waals surface area (Å²) in [5, 5.41) is 6.28. The van der Waals surface area contributed by atoms with Crippen LogP contribution in [-0.2, 0) is 4.79 Å². The Morgan fingerprint density at radius 2 is 1.65 bits per heavy atom. The minimum atomic E-state index is -0.172. The lowest BCUT2D eigenvalue weighted by Crippen LogP contribution is -2.19. The maximum atomic E-state index is 13.6. The molecule has 0 fully saturated rings. The van der Waals surface area contributed by atoms with Crippen molar-refractivity contribution in [2.45, 2.75) is 20.8 Å². The second-order valence-corrected chi connectivity index (χ2v) is 7.90. The average molecular weight is 412 g/mol. The Balaban J connectivity index is 1.97. The monoisotopic (exact) mass is 411 g/mol. The molecule has 4 aromatic rings. The van der Waals surface area contributed by atoms with Crippen molar-refractivity contribution in [3.63, 3.8) is 0 Å². The standard InChI is InChI=1S/C26H25N3O2/c1-17(2)25(30)27-22-15-8-7-14-21(22)23-24(19-11-9-10-18(3)16-19)28-29(26(23)31)20-12-5-4-6-13-20/h4-17,28H,1-3H3,(H,27,30). The van der Waals surface area contributed by atoms with Crippen molar-refractivity contribution >= 4 is 11.6 Å². The molecule has 5 nitrogen and oxygen atoms in total. The van der Waals surface area contributed by atoms with Crippen LogP contribution in [0.5, 0.6) is 0 Å². The fourth-order valence-corrected chi connectivity index (χ4v) is 3.54. The quantitative estimate of drug-likeness (QED) is 0.462. The third-order valence-corrected chi connectivity index (χ3v) is 5.19. The van der Waals surface area contributed by atoms with Crippen molar-refractivity contribution < 1.29 is 4.79 Å². The highest BCUT2D eigenvalue weighted by Crippen LogP contribution is 2.34. The molecule has 5 heteroatoms. The summed E-state index contributed by atoms with van der Waals surface area (Å²) in [7, 11) is 0. The van der Waals surface area contributed by atoms with E-state index in [9.17, 15) is 9.59 Å². The average Bonchev–Trinajstić information content (AvgIpc) is 3.11. The third-order valence-electron chi connectivity index (χ3n) is 5.19. The van der Waals surface area contributed by atoms with Gasteiger partial charge in [-0.25, -0.2) is 4.68 Å². The molecule has 1 aromatic heterocycles. The number of carbonyl (C=O) groups excluding carboxylic acids is 1. The van der Waals surface area contributed by atoms with Crippen LogP contribution in [0.2, 0.25) is 0 Å². The van der Waals surface area contributed by atoms with Gasteiger partial charge in [0.25, 0.3) is 5.56 Å². The highest BCUT2D eigenvalue weighted by molar-refractivity contribution is 5.98. The first kappa shape index (κ1) is 20.4. The molecule has 0 aliphatic heterocycles. The Kier molecular flexibility index (Phi) is 5.58. The van der Waals surface area contributed by atoms with E-state index in [4.69, 9.17) is 0 Å². The number of nitrogens with one attached hydrogen (secondary N) is 2. The molecule has 0 bridgehead atoms. The lowest BCUT2D eigenvalue weighted by Gasteiger charge is -2.12. The van der Waals surface area contributed by atoms with E-state index in [0.717, 1.165) is 16.8 Å². The zero-order chi connectivity index (χ0) is 22.0. The predicted molar refractivity (Wildman–Crippen MR) is 125 cm³/mol. The summed E-state index contributed by atoms with van der Waals surface area (Å²) >= 11 is 0. The lowest BCUT2D eigenvalue weighted by atomic mass is 9.99. The summed E-state index contributed by atoms with van der Waals surface area (Å²) < 4.78 is 1.55. The van der Waals surface area contributed by atoms with Crippen molar-refractivity contribution in [2.75, 3.05) is 5.32 Å². The maximum absolute atomic E-state index is 13.6. The molecule has 0 spiro atoms. The molecule has 0 aliphatic carbocycles. The third kappa shape index (κ3) is 4.08. The maximum Gasteiger partial charge on any atom is 0.279 e. The molecule has 1 heterocycles. The van der Waals surface area contributed by atoms with Crippen molar-refractivity contribution in [1.29, 1.82) is 0 Å². The summed E-state index contributed by atoms with van der Waals surface area (Å²) in [6, 6.07) is 24.9. The fraction of sp³-hybridized carbons (Fsp3) is 0.154. The van der Waals surface area contributed by atoms with Crippen LogP contribution in [0.1, 0.15) is 19.4 Å². The second-order valence-electron chi connectivity index (χ2n) is 7.90. The number of benzene rings is 3. The van der Waals surface area contributed by atoms with E-state index in [-0.39, 0.29) is 17.4 Å². The van der Waals surface area contributed by atoms with Gasteiger partial charge in [0.05, 0.1) is 16.9 Å². The minimum Gasteiger partial charge on any atom is -0.325 e. The highest BCUT2D eigenvalue weighted by atomic mass is 16.2. The van der Waals surface area contributed by atoms with Crippen LogP contribution < -0.4 is 10.9 Å². The van der Waals surface area contributed by atoms with E-state index >= 15 is 0 Å². The van der Waals surface area contributed by atoms with Crippen molar-refractivity contribution in [3.8, 4) is 28.1 Å². The summed E-state index contributed by atoms with van der Waals surface area (Å²) in [5.74, 6) is -0.264. The Morgan fingerprint density at radius 3 is 2.35 bits per heavy atom. The molecule has 0 aliphatic rings. The molecular formula is C26H25N3O2. The number of aryl methyl sites for hydroxylation is 1. The van der Waals surface area contributed by atoms with Crippen molar-refractivity contribution in [3.05, 3.63) is 94.8 Å². The number of hydrogen-bond donors (Lipinski definition) is 2. The number of amides is 1. The van der Waals surface area contributed by atoms with E-state index in [1.165, 1.54) is 0 Å². The summed E-state index contributed by atoms with van der Waals surface area (Å²) in [5.41, 5.74) is 5.11. The molecular weight excluding hydrogens is 386 g/mol. The number of anilines is 1. The Hall–Kier alpha value is -3.86. The zero-order valence-electron chi connectivity index (χ0n) is 17.8. The van der Waals surface area contributed by atoms with E-state index in [0.29, 0.717) is 22.5 Å². The summed E-state index contributed by atoms with van der Waals surface area (Å²) in [6.07, 6.45) is 0. The van der Waals surface area contributed by atoms with Crippen LogP contribution in [0.4, 0.5) is 5.69 Å². The van der Waals surface area contributed by atoms with Gasteiger partial charge >= 0.3 is 0 Å². The van der Waals surface area contributed by atoms with Gasteiger partial charge < -0.3 is 5.32 Å². The number of para-hydroxylation sites is 2. The molecule has 0 radical (unpaired) electrons. The Bertz CT molecular complexity index is 1280. The number of nitrogens with zero attached hydrogens (tertiary/aromatic N) is 1. The second kappa shape index (κ2) is 8.48. The number of rotatable bonds is 5. The fourth-order valence-electron chi connectivity index (χ4n) is 3.54. The number of H-pyrrole nitrogens is 1. The molecule has 0 saturated carbocycles. The van der Waals surface area contributed by atoms with Crippen LogP contribution in [0.3, 0.4) is 0 Å². The topological polar surface area (TPSA) is 66.9 Å². The predicted octanol–water partition coefficient (Wildman–Crippen LogP) is 5.40. The Labute approximate surface area is 181 Å². The zero-order valence-corrected chi connectivity index (χ0v) is 17.8. The molecule has 2 N–H and O–H groups in total. The van der Waals surface area contributed by atoms with Crippen molar-refractivity contribution in [2.24, 2.45) is 5.92 Å². The minimum absolute atomic E-state index is 0.0940.